The number of para-hydroxylation sites is 1. The van der Waals surface area contributed by atoms with Crippen LogP contribution in [-0.2, 0) is 11.3 Å². The number of anilines is 1. The Balaban J connectivity index is 1.37. The van der Waals surface area contributed by atoms with Crippen molar-refractivity contribution >= 4 is 11.7 Å². The van der Waals surface area contributed by atoms with Gasteiger partial charge in [0.05, 0.1) is 25.3 Å². The van der Waals surface area contributed by atoms with Gasteiger partial charge in [-0.05, 0) is 17.2 Å². The molecule has 0 bridgehead atoms. The molecule has 3 aromatic carbocycles. The summed E-state index contributed by atoms with van der Waals surface area (Å²) in [7, 11) is 0. The van der Waals surface area contributed by atoms with Gasteiger partial charge >= 0.3 is 6.03 Å². The molecule has 0 aliphatic carbocycles. The minimum absolute atomic E-state index is 0.0281. The summed E-state index contributed by atoms with van der Waals surface area (Å²) < 4.78 is 6.11. The molecule has 2 atom stereocenters. The summed E-state index contributed by atoms with van der Waals surface area (Å²) in [4.78, 5) is 17.5. The maximum absolute atomic E-state index is 13.1. The molecule has 3 aromatic rings. The molecule has 2 amide bonds. The number of rotatable bonds is 5. The number of amides is 2. The number of nitrogens with zero attached hydrogens (tertiary/aromatic N) is 2. The minimum Gasteiger partial charge on any atom is -0.374 e. The number of benzene rings is 3. The smallest absolute Gasteiger partial charge is 0.322 e. The van der Waals surface area contributed by atoms with Crippen molar-refractivity contribution in [3.8, 4) is 0 Å². The molecule has 158 valence electrons. The van der Waals surface area contributed by atoms with E-state index in [4.69, 9.17) is 4.74 Å². The molecule has 0 aromatic heterocycles. The fraction of sp³-hybridized carbons (Fsp3) is 0.269. The van der Waals surface area contributed by atoms with Crippen LogP contribution in [-0.4, -0.2) is 48.2 Å². The summed E-state index contributed by atoms with van der Waals surface area (Å²) in [6, 6.07) is 28.6. The van der Waals surface area contributed by atoms with Crippen LogP contribution >= 0.6 is 0 Å². The molecule has 31 heavy (non-hydrogen) atoms. The van der Waals surface area contributed by atoms with Crippen LogP contribution in [0.1, 0.15) is 22.7 Å². The number of carbonyl (C=O) groups is 1. The molecule has 2 heterocycles. The van der Waals surface area contributed by atoms with Gasteiger partial charge in [-0.3, -0.25) is 4.90 Å². The molecule has 5 nitrogen and oxygen atoms in total. The average Bonchev–Trinajstić information content (AvgIpc) is 2.81. The van der Waals surface area contributed by atoms with Crippen LogP contribution in [0.4, 0.5) is 10.5 Å². The Labute approximate surface area is 183 Å². The molecular formula is C26H27N3O2. The van der Waals surface area contributed by atoms with Gasteiger partial charge in [0.25, 0.3) is 0 Å². The Kier molecular flexibility index (Phi) is 5.69. The third-order valence-corrected chi connectivity index (χ3v) is 6.06. The molecule has 0 spiro atoms. The Morgan fingerprint density at radius 3 is 2.42 bits per heavy atom. The van der Waals surface area contributed by atoms with E-state index in [-0.39, 0.29) is 18.2 Å². The second-order valence-corrected chi connectivity index (χ2v) is 8.20. The summed E-state index contributed by atoms with van der Waals surface area (Å²) in [5.41, 5.74) is 4.41. The number of carbonyl (C=O) groups excluding carboxylic acids is 1. The Bertz CT molecular complexity index is 1030. The van der Waals surface area contributed by atoms with E-state index in [9.17, 15) is 4.79 Å². The first-order valence-electron chi connectivity index (χ1n) is 10.9. The fourth-order valence-corrected chi connectivity index (χ4v) is 4.60. The van der Waals surface area contributed by atoms with E-state index >= 15 is 0 Å². The zero-order valence-electron chi connectivity index (χ0n) is 17.5. The second kappa shape index (κ2) is 8.92. The van der Waals surface area contributed by atoms with Gasteiger partial charge < -0.3 is 15.0 Å². The quantitative estimate of drug-likeness (QED) is 0.669. The maximum Gasteiger partial charge on any atom is 0.322 e. The Morgan fingerprint density at radius 1 is 0.903 bits per heavy atom. The molecule has 0 saturated carbocycles. The van der Waals surface area contributed by atoms with Crippen LogP contribution in [0.2, 0.25) is 0 Å². The first kappa shape index (κ1) is 19.8. The van der Waals surface area contributed by atoms with Gasteiger partial charge in [0.15, 0.2) is 0 Å². The lowest BCUT2D eigenvalue weighted by Crippen LogP contribution is -2.51. The lowest BCUT2D eigenvalue weighted by atomic mass is 9.93. The van der Waals surface area contributed by atoms with E-state index in [1.807, 2.05) is 47.4 Å². The normalized spacial score (nSPS) is 21.4. The SMILES string of the molecule is O=C1Nc2ccccc2C(c2ccccc2)N1CC1CN(Cc2ccccc2)CCO1. The third kappa shape index (κ3) is 4.33. The fourth-order valence-electron chi connectivity index (χ4n) is 4.60. The highest BCUT2D eigenvalue weighted by Gasteiger charge is 2.36. The van der Waals surface area contributed by atoms with E-state index in [1.54, 1.807) is 0 Å². The molecule has 2 aliphatic heterocycles. The molecule has 0 radical (unpaired) electrons. The lowest BCUT2D eigenvalue weighted by Gasteiger charge is -2.41. The van der Waals surface area contributed by atoms with Crippen LogP contribution in [0.3, 0.4) is 0 Å². The van der Waals surface area contributed by atoms with Gasteiger partial charge in [0.2, 0.25) is 0 Å². The molecule has 5 heteroatoms. The van der Waals surface area contributed by atoms with Crippen LogP contribution in [0, 0.1) is 0 Å². The summed E-state index contributed by atoms with van der Waals surface area (Å²) in [5, 5.41) is 3.07. The van der Waals surface area contributed by atoms with Gasteiger partial charge in [-0.15, -0.1) is 0 Å². The molecule has 1 saturated heterocycles. The van der Waals surface area contributed by atoms with Crippen LogP contribution in [0.25, 0.3) is 0 Å². The van der Waals surface area contributed by atoms with Gasteiger partial charge in [-0.1, -0.05) is 78.9 Å². The van der Waals surface area contributed by atoms with Crippen molar-refractivity contribution in [1.82, 2.24) is 9.80 Å². The van der Waals surface area contributed by atoms with Crippen molar-refractivity contribution in [1.29, 1.82) is 0 Å². The molecule has 5 rings (SSSR count). The number of hydrogen-bond donors (Lipinski definition) is 1. The highest BCUT2D eigenvalue weighted by molar-refractivity contribution is 5.93. The minimum atomic E-state index is -0.126. The molecule has 1 N–H and O–H groups in total. The van der Waals surface area contributed by atoms with E-state index in [0.29, 0.717) is 13.2 Å². The summed E-state index contributed by atoms with van der Waals surface area (Å²) in [6.07, 6.45) is -0.0281. The van der Waals surface area contributed by atoms with E-state index in [2.05, 4.69) is 52.7 Å². The second-order valence-electron chi connectivity index (χ2n) is 8.20. The first-order chi connectivity index (χ1) is 15.3. The molecule has 2 unspecified atom stereocenters. The Morgan fingerprint density at radius 2 is 1.61 bits per heavy atom. The number of urea groups is 1. The maximum atomic E-state index is 13.1. The van der Waals surface area contributed by atoms with Crippen molar-refractivity contribution in [3.05, 3.63) is 102 Å². The van der Waals surface area contributed by atoms with Crippen molar-refractivity contribution < 1.29 is 9.53 Å². The van der Waals surface area contributed by atoms with Crippen LogP contribution in [0.5, 0.6) is 0 Å². The zero-order valence-corrected chi connectivity index (χ0v) is 17.5. The predicted molar refractivity (Wildman–Crippen MR) is 122 cm³/mol. The van der Waals surface area contributed by atoms with Crippen molar-refractivity contribution in [3.63, 3.8) is 0 Å². The van der Waals surface area contributed by atoms with Crippen LogP contribution in [0.15, 0.2) is 84.9 Å². The van der Waals surface area contributed by atoms with E-state index in [0.717, 1.165) is 36.4 Å². The van der Waals surface area contributed by atoms with Crippen molar-refractivity contribution in [2.45, 2.75) is 18.7 Å². The lowest BCUT2D eigenvalue weighted by molar-refractivity contribution is -0.0433. The standard InChI is InChI=1S/C26H27N3O2/c30-26-27-24-14-8-7-13-23(24)25(21-11-5-2-6-12-21)29(26)19-22-18-28(15-16-31-22)17-20-9-3-1-4-10-20/h1-14,22,25H,15-19H2,(H,27,30). The van der Waals surface area contributed by atoms with Crippen LogP contribution < -0.4 is 5.32 Å². The molecule has 2 aliphatic rings. The zero-order chi connectivity index (χ0) is 21.0. The van der Waals surface area contributed by atoms with Gasteiger partial charge in [0.1, 0.15) is 0 Å². The monoisotopic (exact) mass is 413 g/mol. The third-order valence-electron chi connectivity index (χ3n) is 6.06. The van der Waals surface area contributed by atoms with E-state index in [1.165, 1.54) is 5.56 Å². The number of ether oxygens (including phenoxy) is 1. The summed E-state index contributed by atoms with van der Waals surface area (Å²) in [5.74, 6) is 0. The topological polar surface area (TPSA) is 44.8 Å². The summed E-state index contributed by atoms with van der Waals surface area (Å²) >= 11 is 0. The highest BCUT2D eigenvalue weighted by atomic mass is 16.5. The highest BCUT2D eigenvalue weighted by Crippen LogP contribution is 2.37. The van der Waals surface area contributed by atoms with Gasteiger partial charge in [0, 0.05) is 30.9 Å². The predicted octanol–water partition coefficient (Wildman–Crippen LogP) is 4.52. The van der Waals surface area contributed by atoms with Gasteiger partial charge in [-0.2, -0.15) is 0 Å². The average molecular weight is 414 g/mol. The Hall–Kier alpha value is -3.15. The molecular weight excluding hydrogens is 386 g/mol. The van der Waals surface area contributed by atoms with Gasteiger partial charge in [-0.25, -0.2) is 4.79 Å². The summed E-state index contributed by atoms with van der Waals surface area (Å²) in [6.45, 7) is 3.84. The van der Waals surface area contributed by atoms with E-state index < -0.39 is 0 Å². The number of nitrogens with one attached hydrogen (secondary N) is 1. The molecule has 1 fully saturated rings. The number of hydrogen-bond acceptors (Lipinski definition) is 3. The first-order valence-corrected chi connectivity index (χ1v) is 10.9. The number of morpholine rings is 1. The van der Waals surface area contributed by atoms with Crippen molar-refractivity contribution in [2.75, 3.05) is 31.6 Å². The largest absolute Gasteiger partial charge is 0.374 e. The van der Waals surface area contributed by atoms with Crippen molar-refractivity contribution in [2.24, 2.45) is 0 Å². The number of fused-ring (bicyclic) bond motifs is 1.